The SMILES string of the molecule is CC1=NC=C(c2ccc3c(c2)S(=O)(=O)CCC3)C1. The highest BCUT2D eigenvalue weighted by atomic mass is 32.2. The molecule has 3 nitrogen and oxygen atoms in total. The molecule has 2 heterocycles. The molecule has 0 amide bonds. The average Bonchev–Trinajstić information content (AvgIpc) is 2.75. The molecule has 0 unspecified atom stereocenters. The van der Waals surface area contributed by atoms with Crippen LogP contribution in [0.4, 0.5) is 0 Å². The fraction of sp³-hybridized carbons (Fsp3) is 0.357. The van der Waals surface area contributed by atoms with E-state index < -0.39 is 9.84 Å². The zero-order valence-electron chi connectivity index (χ0n) is 10.3. The predicted molar refractivity (Wildman–Crippen MR) is 72.5 cm³/mol. The molecule has 94 valence electrons. The number of allylic oxidation sites excluding steroid dienone is 1. The van der Waals surface area contributed by atoms with Crippen LogP contribution in [0.3, 0.4) is 0 Å². The highest BCUT2D eigenvalue weighted by Gasteiger charge is 2.24. The number of rotatable bonds is 1. The average molecular weight is 261 g/mol. The van der Waals surface area contributed by atoms with Crippen LogP contribution in [0, 0.1) is 0 Å². The topological polar surface area (TPSA) is 46.5 Å². The van der Waals surface area contributed by atoms with Gasteiger partial charge >= 0.3 is 0 Å². The molecule has 0 aromatic heterocycles. The molecule has 0 saturated carbocycles. The Kier molecular flexibility index (Phi) is 2.63. The first-order valence-electron chi connectivity index (χ1n) is 6.15. The molecule has 0 aliphatic carbocycles. The van der Waals surface area contributed by atoms with Crippen molar-refractivity contribution in [2.75, 3.05) is 5.75 Å². The van der Waals surface area contributed by atoms with Crippen LogP contribution in [-0.2, 0) is 16.3 Å². The van der Waals surface area contributed by atoms with E-state index in [0.717, 1.165) is 41.7 Å². The Balaban J connectivity index is 2.06. The smallest absolute Gasteiger partial charge is 0.178 e. The molecule has 2 aliphatic heterocycles. The number of benzene rings is 1. The normalized spacial score (nSPS) is 21.2. The number of fused-ring (bicyclic) bond motifs is 1. The summed E-state index contributed by atoms with van der Waals surface area (Å²) >= 11 is 0. The summed E-state index contributed by atoms with van der Waals surface area (Å²) in [5.74, 6) is 0.276. The lowest BCUT2D eigenvalue weighted by atomic mass is 10.0. The van der Waals surface area contributed by atoms with Gasteiger partial charge in [0.15, 0.2) is 9.84 Å². The number of aliphatic imine (C=N–C) groups is 1. The molecule has 18 heavy (non-hydrogen) atoms. The summed E-state index contributed by atoms with van der Waals surface area (Å²) in [6.07, 6.45) is 4.26. The lowest BCUT2D eigenvalue weighted by Crippen LogP contribution is -2.16. The van der Waals surface area contributed by atoms with Crippen LogP contribution < -0.4 is 0 Å². The second kappa shape index (κ2) is 4.05. The van der Waals surface area contributed by atoms with Crippen LogP contribution in [0.15, 0.2) is 34.3 Å². The van der Waals surface area contributed by atoms with E-state index in [9.17, 15) is 8.42 Å². The van der Waals surface area contributed by atoms with Gasteiger partial charge in [-0.05, 0) is 42.5 Å². The quantitative estimate of drug-likeness (QED) is 0.780. The second-order valence-corrected chi connectivity index (χ2v) is 7.02. The van der Waals surface area contributed by atoms with Crippen LogP contribution >= 0.6 is 0 Å². The highest BCUT2D eigenvalue weighted by molar-refractivity contribution is 7.91. The van der Waals surface area contributed by atoms with Gasteiger partial charge in [-0.1, -0.05) is 12.1 Å². The lowest BCUT2D eigenvalue weighted by Gasteiger charge is -2.17. The van der Waals surface area contributed by atoms with Gasteiger partial charge in [0.25, 0.3) is 0 Å². The van der Waals surface area contributed by atoms with E-state index >= 15 is 0 Å². The second-order valence-electron chi connectivity index (χ2n) is 4.94. The number of hydrogen-bond acceptors (Lipinski definition) is 3. The molecule has 1 aromatic carbocycles. The Hall–Kier alpha value is -1.42. The summed E-state index contributed by atoms with van der Waals surface area (Å²) in [5.41, 5.74) is 4.13. The van der Waals surface area contributed by atoms with Crippen molar-refractivity contribution in [1.82, 2.24) is 0 Å². The molecule has 0 fully saturated rings. The molecule has 0 spiro atoms. The number of hydrogen-bond donors (Lipinski definition) is 0. The van der Waals surface area contributed by atoms with Crippen LogP contribution in [0.2, 0.25) is 0 Å². The first-order chi connectivity index (χ1) is 8.56. The molecule has 4 heteroatoms. The van der Waals surface area contributed by atoms with Crippen molar-refractivity contribution in [3.05, 3.63) is 35.5 Å². The van der Waals surface area contributed by atoms with E-state index in [1.54, 1.807) is 0 Å². The van der Waals surface area contributed by atoms with E-state index in [2.05, 4.69) is 4.99 Å². The molecule has 0 radical (unpaired) electrons. The molecule has 0 atom stereocenters. The standard InChI is InChI=1S/C14H15NO2S/c1-10-7-13(9-15-10)12-5-4-11-3-2-6-18(16,17)14(11)8-12/h4-5,8-9H,2-3,6-7H2,1H3. The van der Waals surface area contributed by atoms with E-state index in [4.69, 9.17) is 0 Å². The first kappa shape index (κ1) is 11.7. The molecular formula is C14H15NO2S. The first-order valence-corrected chi connectivity index (χ1v) is 7.80. The number of aryl methyl sites for hydroxylation is 1. The van der Waals surface area contributed by atoms with Gasteiger partial charge in [0.2, 0.25) is 0 Å². The highest BCUT2D eigenvalue weighted by Crippen LogP contribution is 2.30. The van der Waals surface area contributed by atoms with Crippen molar-refractivity contribution >= 4 is 21.1 Å². The van der Waals surface area contributed by atoms with Gasteiger partial charge in [0.1, 0.15) is 0 Å². The minimum absolute atomic E-state index is 0.276. The third-order valence-electron chi connectivity index (χ3n) is 3.52. The van der Waals surface area contributed by atoms with Gasteiger partial charge in [0, 0.05) is 18.3 Å². The van der Waals surface area contributed by atoms with Crippen LogP contribution in [0.25, 0.3) is 5.57 Å². The van der Waals surface area contributed by atoms with Gasteiger partial charge in [-0.15, -0.1) is 0 Å². The van der Waals surface area contributed by atoms with E-state index in [1.165, 1.54) is 0 Å². The third kappa shape index (κ3) is 1.90. The summed E-state index contributed by atoms with van der Waals surface area (Å²) in [6.45, 7) is 1.98. The Labute approximate surface area is 107 Å². The maximum absolute atomic E-state index is 12.1. The predicted octanol–water partition coefficient (Wildman–Crippen LogP) is 2.61. The van der Waals surface area contributed by atoms with Crippen molar-refractivity contribution < 1.29 is 8.42 Å². The minimum atomic E-state index is -3.07. The van der Waals surface area contributed by atoms with Crippen molar-refractivity contribution in [2.24, 2.45) is 4.99 Å². The zero-order valence-corrected chi connectivity index (χ0v) is 11.1. The minimum Gasteiger partial charge on any atom is -0.265 e. The molecule has 0 bridgehead atoms. The van der Waals surface area contributed by atoms with Crippen LogP contribution in [0.1, 0.15) is 30.9 Å². The van der Waals surface area contributed by atoms with E-state index in [1.807, 2.05) is 31.3 Å². The van der Waals surface area contributed by atoms with Gasteiger partial charge in [-0.25, -0.2) is 8.42 Å². The Bertz CT molecular complexity index is 669. The molecule has 2 aliphatic rings. The van der Waals surface area contributed by atoms with Gasteiger partial charge in [0.05, 0.1) is 10.6 Å². The largest absolute Gasteiger partial charge is 0.265 e. The molecule has 0 N–H and O–H groups in total. The van der Waals surface area contributed by atoms with E-state index in [-0.39, 0.29) is 5.75 Å². The number of nitrogens with zero attached hydrogens (tertiary/aromatic N) is 1. The Morgan fingerprint density at radius 1 is 1.28 bits per heavy atom. The lowest BCUT2D eigenvalue weighted by molar-refractivity contribution is 0.586. The maximum Gasteiger partial charge on any atom is 0.178 e. The summed E-state index contributed by atoms with van der Waals surface area (Å²) in [7, 11) is -3.07. The summed E-state index contributed by atoms with van der Waals surface area (Å²) < 4.78 is 24.1. The van der Waals surface area contributed by atoms with Gasteiger partial charge in [-0.2, -0.15) is 0 Å². The summed E-state index contributed by atoms with van der Waals surface area (Å²) in [5, 5.41) is 0. The number of sulfone groups is 1. The zero-order chi connectivity index (χ0) is 12.8. The van der Waals surface area contributed by atoms with Crippen molar-refractivity contribution in [3.63, 3.8) is 0 Å². The maximum atomic E-state index is 12.1. The molecule has 0 saturated heterocycles. The Morgan fingerprint density at radius 3 is 2.83 bits per heavy atom. The van der Waals surface area contributed by atoms with Crippen molar-refractivity contribution in [3.8, 4) is 0 Å². The summed E-state index contributed by atoms with van der Waals surface area (Å²) in [4.78, 5) is 4.77. The van der Waals surface area contributed by atoms with Crippen LogP contribution in [0.5, 0.6) is 0 Å². The van der Waals surface area contributed by atoms with E-state index in [0.29, 0.717) is 4.90 Å². The third-order valence-corrected chi connectivity index (χ3v) is 5.40. The van der Waals surface area contributed by atoms with Gasteiger partial charge < -0.3 is 0 Å². The molecule has 3 rings (SSSR count). The van der Waals surface area contributed by atoms with Gasteiger partial charge in [-0.3, -0.25) is 4.99 Å². The summed E-state index contributed by atoms with van der Waals surface area (Å²) in [6, 6.07) is 5.79. The van der Waals surface area contributed by atoms with Crippen molar-refractivity contribution in [1.29, 1.82) is 0 Å². The molecule has 1 aromatic rings. The fourth-order valence-electron chi connectivity index (χ4n) is 2.54. The molecular weight excluding hydrogens is 246 g/mol. The Morgan fingerprint density at radius 2 is 2.11 bits per heavy atom. The fourth-order valence-corrected chi connectivity index (χ4v) is 4.16. The van der Waals surface area contributed by atoms with Crippen LogP contribution in [-0.4, -0.2) is 19.9 Å². The monoisotopic (exact) mass is 261 g/mol. The van der Waals surface area contributed by atoms with Crippen molar-refractivity contribution in [2.45, 2.75) is 31.1 Å².